The second kappa shape index (κ2) is 29.5. The summed E-state index contributed by atoms with van der Waals surface area (Å²) >= 11 is 0. The zero-order valence-corrected chi connectivity index (χ0v) is 38.9. The van der Waals surface area contributed by atoms with E-state index in [9.17, 15) is 14.4 Å². The van der Waals surface area contributed by atoms with Crippen molar-refractivity contribution in [3.05, 3.63) is 138 Å². The Morgan fingerprint density at radius 3 is 1.03 bits per heavy atom. The molecule has 0 bridgehead atoms. The zero-order chi connectivity index (χ0) is 45.7. The number of unbranched alkanes of at least 4 members (excludes halogenated alkanes) is 18. The van der Waals surface area contributed by atoms with Crippen LogP contribution in [0.25, 0.3) is 11.1 Å². The van der Waals surface area contributed by atoms with Crippen LogP contribution < -0.4 is 23.7 Å². The number of esters is 3. The van der Waals surface area contributed by atoms with Gasteiger partial charge in [-0.05, 0) is 121 Å². The van der Waals surface area contributed by atoms with Crippen LogP contribution in [0.2, 0.25) is 0 Å². The van der Waals surface area contributed by atoms with E-state index >= 15 is 0 Å². The molecule has 0 N–H and O–H groups in total. The topological polar surface area (TPSA) is 97.4 Å². The lowest BCUT2D eigenvalue weighted by molar-refractivity contribution is 0.0719. The van der Waals surface area contributed by atoms with Crippen molar-refractivity contribution in [2.45, 2.75) is 142 Å². The van der Waals surface area contributed by atoms with E-state index in [4.69, 9.17) is 23.7 Å². The number of benzene rings is 5. The first-order valence-electron chi connectivity index (χ1n) is 24.3. The molecule has 0 unspecified atom stereocenters. The fraction of sp³-hybridized carbons (Fsp3) is 0.421. The summed E-state index contributed by atoms with van der Waals surface area (Å²) in [5.41, 5.74) is 2.83. The summed E-state index contributed by atoms with van der Waals surface area (Å²) in [6.07, 6.45) is 25.5. The summed E-state index contributed by atoms with van der Waals surface area (Å²) in [4.78, 5) is 38.8. The first-order chi connectivity index (χ1) is 31.9. The van der Waals surface area contributed by atoms with E-state index in [0.717, 1.165) is 41.9 Å². The lowest BCUT2D eigenvalue weighted by Gasteiger charge is -2.10. The maximum absolute atomic E-state index is 13.1. The minimum atomic E-state index is -0.534. The van der Waals surface area contributed by atoms with E-state index in [2.05, 4.69) is 13.8 Å². The predicted molar refractivity (Wildman–Crippen MR) is 261 cm³/mol. The van der Waals surface area contributed by atoms with Gasteiger partial charge in [-0.1, -0.05) is 154 Å². The molecule has 0 aliphatic carbocycles. The maximum Gasteiger partial charge on any atom is 0.343 e. The second-order valence-corrected chi connectivity index (χ2v) is 16.9. The average Bonchev–Trinajstić information content (AvgIpc) is 3.33. The van der Waals surface area contributed by atoms with Gasteiger partial charge in [-0.15, -0.1) is 0 Å². The average molecular weight is 883 g/mol. The largest absolute Gasteiger partial charge is 0.494 e. The summed E-state index contributed by atoms with van der Waals surface area (Å²) < 4.78 is 28.6. The van der Waals surface area contributed by atoms with Crippen molar-refractivity contribution in [1.29, 1.82) is 0 Å². The van der Waals surface area contributed by atoms with Crippen molar-refractivity contribution in [1.82, 2.24) is 0 Å². The van der Waals surface area contributed by atoms with Crippen LogP contribution in [0.1, 0.15) is 173 Å². The van der Waals surface area contributed by atoms with Gasteiger partial charge in [0.25, 0.3) is 0 Å². The van der Waals surface area contributed by atoms with Gasteiger partial charge in [0.15, 0.2) is 0 Å². The molecule has 0 aliphatic heterocycles. The summed E-state index contributed by atoms with van der Waals surface area (Å²) in [5.74, 6) is 1.01. The molecule has 0 amide bonds. The van der Waals surface area contributed by atoms with E-state index in [1.54, 1.807) is 103 Å². The smallest absolute Gasteiger partial charge is 0.343 e. The Kier molecular flexibility index (Phi) is 22.8. The monoisotopic (exact) mass is 883 g/mol. The van der Waals surface area contributed by atoms with Crippen LogP contribution in [0.15, 0.2) is 121 Å². The standard InChI is InChI=1S/C57H70O8/c1-3-5-7-9-11-13-15-17-19-21-42-61-50-32-28-46(29-33-50)55(58)63-52-36-26-45(27-37-52)48-24-23-25-49(44-48)57(60)65-54-40-38-53(39-41-54)64-56(59)47-30-34-51(35-31-47)62-43-22-20-18-16-14-12-10-8-6-4-2/h23-41,44H,3-22,42-43H2,1-2H3. The number of carbonyl (C=O) groups excluding carboxylic acids is 3. The van der Waals surface area contributed by atoms with Crippen LogP contribution in [0.3, 0.4) is 0 Å². The fourth-order valence-corrected chi connectivity index (χ4v) is 7.55. The van der Waals surface area contributed by atoms with Crippen molar-refractivity contribution in [3.8, 4) is 39.9 Å². The van der Waals surface area contributed by atoms with Crippen molar-refractivity contribution < 1.29 is 38.1 Å². The van der Waals surface area contributed by atoms with E-state index in [0.29, 0.717) is 47.2 Å². The van der Waals surface area contributed by atoms with Crippen LogP contribution >= 0.6 is 0 Å². The molecule has 5 aromatic carbocycles. The minimum absolute atomic E-state index is 0.307. The molecule has 0 radical (unpaired) electrons. The van der Waals surface area contributed by atoms with Crippen molar-refractivity contribution in [2.24, 2.45) is 0 Å². The van der Waals surface area contributed by atoms with Gasteiger partial charge in [-0.25, -0.2) is 14.4 Å². The van der Waals surface area contributed by atoms with Crippen molar-refractivity contribution >= 4 is 17.9 Å². The van der Waals surface area contributed by atoms with Crippen LogP contribution in [0.4, 0.5) is 0 Å². The highest BCUT2D eigenvalue weighted by molar-refractivity contribution is 5.93. The molecule has 0 spiro atoms. The summed E-state index contributed by atoms with van der Waals surface area (Å²) in [7, 11) is 0. The molecule has 0 fully saturated rings. The van der Waals surface area contributed by atoms with Gasteiger partial charge in [-0.2, -0.15) is 0 Å². The van der Waals surface area contributed by atoms with Gasteiger partial charge in [0.1, 0.15) is 28.7 Å². The third-order valence-corrected chi connectivity index (χ3v) is 11.5. The Bertz CT molecular complexity index is 2110. The predicted octanol–water partition coefficient (Wildman–Crippen LogP) is 15.6. The van der Waals surface area contributed by atoms with E-state index in [1.165, 1.54) is 109 Å². The number of carbonyl (C=O) groups is 3. The summed E-state index contributed by atoms with van der Waals surface area (Å²) in [6, 6.07) is 34.5. The summed E-state index contributed by atoms with van der Waals surface area (Å²) in [5, 5.41) is 0. The van der Waals surface area contributed by atoms with E-state index < -0.39 is 17.9 Å². The van der Waals surface area contributed by atoms with Gasteiger partial charge < -0.3 is 23.7 Å². The van der Waals surface area contributed by atoms with Crippen molar-refractivity contribution in [2.75, 3.05) is 13.2 Å². The molecule has 346 valence electrons. The van der Waals surface area contributed by atoms with Gasteiger partial charge in [-0.3, -0.25) is 0 Å². The first-order valence-corrected chi connectivity index (χ1v) is 24.3. The maximum atomic E-state index is 13.1. The summed E-state index contributed by atoms with van der Waals surface area (Å²) in [6.45, 7) is 5.82. The van der Waals surface area contributed by atoms with E-state index in [1.807, 2.05) is 18.2 Å². The number of ether oxygens (including phenoxy) is 5. The van der Waals surface area contributed by atoms with Gasteiger partial charge in [0.05, 0.1) is 29.9 Å². The lowest BCUT2D eigenvalue weighted by atomic mass is 10.0. The highest BCUT2D eigenvalue weighted by Gasteiger charge is 2.14. The molecular weight excluding hydrogens is 813 g/mol. The van der Waals surface area contributed by atoms with Gasteiger partial charge >= 0.3 is 17.9 Å². The lowest BCUT2D eigenvalue weighted by Crippen LogP contribution is -2.10. The van der Waals surface area contributed by atoms with Crippen LogP contribution in [-0.2, 0) is 0 Å². The quantitative estimate of drug-likeness (QED) is 0.0247. The van der Waals surface area contributed by atoms with Crippen LogP contribution in [0.5, 0.6) is 28.7 Å². The van der Waals surface area contributed by atoms with Crippen molar-refractivity contribution in [3.63, 3.8) is 0 Å². The van der Waals surface area contributed by atoms with E-state index in [-0.39, 0.29) is 0 Å². The fourth-order valence-electron chi connectivity index (χ4n) is 7.55. The second-order valence-electron chi connectivity index (χ2n) is 16.9. The third kappa shape index (κ3) is 19.0. The Labute approximate surface area is 388 Å². The highest BCUT2D eigenvalue weighted by Crippen LogP contribution is 2.26. The van der Waals surface area contributed by atoms with Crippen LogP contribution in [0, 0.1) is 0 Å². The normalized spacial score (nSPS) is 10.9. The Morgan fingerprint density at radius 1 is 0.323 bits per heavy atom. The number of hydrogen-bond acceptors (Lipinski definition) is 8. The zero-order valence-electron chi connectivity index (χ0n) is 38.9. The Hall–Kier alpha value is -5.89. The number of hydrogen-bond donors (Lipinski definition) is 0. The molecule has 0 heterocycles. The highest BCUT2D eigenvalue weighted by atomic mass is 16.5. The molecule has 0 aliphatic rings. The molecular formula is C57H70O8. The SMILES string of the molecule is CCCCCCCCCCCCOc1ccc(C(=O)Oc2ccc(OC(=O)c3cccc(-c4ccc(OC(=O)c5ccc(OCCCCCCCCCCCC)cc5)cc4)c3)cc2)cc1. The minimum Gasteiger partial charge on any atom is -0.494 e. The Morgan fingerprint density at radius 2 is 0.646 bits per heavy atom. The van der Waals surface area contributed by atoms with Crippen LogP contribution in [-0.4, -0.2) is 31.1 Å². The molecule has 0 atom stereocenters. The molecule has 5 rings (SSSR count). The molecule has 0 saturated heterocycles. The molecule has 8 nitrogen and oxygen atoms in total. The van der Waals surface area contributed by atoms with Gasteiger partial charge in [0.2, 0.25) is 0 Å². The molecule has 65 heavy (non-hydrogen) atoms. The number of rotatable bonds is 31. The molecule has 8 heteroatoms. The Balaban J connectivity index is 0.985. The molecule has 0 aromatic heterocycles. The molecule has 5 aromatic rings. The molecule has 0 saturated carbocycles. The van der Waals surface area contributed by atoms with Gasteiger partial charge in [0, 0.05) is 0 Å². The first kappa shape index (κ1) is 50.1. The third-order valence-electron chi connectivity index (χ3n) is 11.5.